The van der Waals surface area contributed by atoms with E-state index >= 15 is 0 Å². The van der Waals surface area contributed by atoms with Crippen LogP contribution in [0.4, 0.5) is 60.5 Å². The summed E-state index contributed by atoms with van der Waals surface area (Å²) in [5, 5.41) is 0. The largest absolute Gasteiger partial charge is 0.454 e. The lowest BCUT2D eigenvalue weighted by Gasteiger charge is -2.39. The maximum absolute atomic E-state index is 13.0. The molecule has 6 aliphatic rings. The average Bonchev–Trinajstić information content (AvgIpc) is 0.841. The lowest BCUT2D eigenvalue weighted by atomic mass is 9.77. The molecule has 2 saturated heterocycles. The van der Waals surface area contributed by atoms with Gasteiger partial charge in [-0.2, -0.15) is 26.3 Å². The predicted octanol–water partition coefficient (Wildman–Crippen LogP) is 20.6. The summed E-state index contributed by atoms with van der Waals surface area (Å²) < 4.78 is 77.7. The molecule has 0 aromatic heterocycles. The van der Waals surface area contributed by atoms with E-state index in [0.717, 1.165) is 61.6 Å². The molecular formula is C78H108F6N6O2. The molecule has 6 heterocycles. The fourth-order valence-electron chi connectivity index (χ4n) is 12.2. The number of rotatable bonds is 8. The summed E-state index contributed by atoms with van der Waals surface area (Å²) in [6, 6.07) is 33.8. The summed E-state index contributed by atoms with van der Waals surface area (Å²) in [6.07, 6.45) is 10.5. The van der Waals surface area contributed by atoms with Gasteiger partial charge in [-0.05, 0) is 179 Å². The van der Waals surface area contributed by atoms with Crippen molar-refractivity contribution >= 4 is 45.7 Å². The number of Topliss-reactive ketones (excluding diaryl/α,β-unsaturated/α-hetero) is 2. The van der Waals surface area contributed by atoms with Crippen molar-refractivity contribution in [1.82, 2.24) is 0 Å². The Morgan fingerprint density at radius 1 is 0.337 bits per heavy atom. The summed E-state index contributed by atoms with van der Waals surface area (Å²) in [5.74, 6) is -3.49. The van der Waals surface area contributed by atoms with Gasteiger partial charge in [0.15, 0.2) is 0 Å². The van der Waals surface area contributed by atoms with Crippen molar-refractivity contribution in [3.8, 4) is 0 Å². The predicted molar refractivity (Wildman–Crippen MR) is 373 cm³/mol. The highest BCUT2D eigenvalue weighted by Gasteiger charge is 2.48. The number of hydrogen-bond donors (Lipinski definition) is 0. The molecular weight excluding hydrogens is 1170 g/mol. The fraction of sp³-hybridized carbons (Fsp3) is 0.564. The van der Waals surface area contributed by atoms with Gasteiger partial charge in [0.05, 0.1) is 0 Å². The van der Waals surface area contributed by atoms with E-state index in [9.17, 15) is 35.9 Å². The highest BCUT2D eigenvalue weighted by molar-refractivity contribution is 6.02. The van der Waals surface area contributed by atoms with Crippen molar-refractivity contribution in [2.24, 2.45) is 32.5 Å². The number of carbonyl (C=O) groups excluding carboxylic acids is 2. The molecule has 2 fully saturated rings. The van der Waals surface area contributed by atoms with Crippen LogP contribution in [-0.4, -0.2) is 76.3 Å². The number of piperidine rings is 2. The van der Waals surface area contributed by atoms with Crippen LogP contribution in [0.25, 0.3) is 0 Å². The van der Waals surface area contributed by atoms with Gasteiger partial charge in [0.25, 0.3) is 11.6 Å². The van der Waals surface area contributed by atoms with Gasteiger partial charge in [0, 0.05) is 122 Å². The van der Waals surface area contributed by atoms with Crippen molar-refractivity contribution in [2.45, 2.75) is 199 Å². The third-order valence-corrected chi connectivity index (χ3v) is 19.9. The summed E-state index contributed by atoms with van der Waals surface area (Å²) in [7, 11) is 0. The Balaban J connectivity index is 0.000000176. The molecule has 8 nitrogen and oxygen atoms in total. The Hall–Kier alpha value is -6.44. The average molecular weight is 1280 g/mol. The molecule has 14 heteroatoms. The van der Waals surface area contributed by atoms with Gasteiger partial charge in [-0.15, -0.1) is 0 Å². The van der Waals surface area contributed by atoms with Gasteiger partial charge in [-0.1, -0.05) is 161 Å². The van der Waals surface area contributed by atoms with Crippen LogP contribution in [0.15, 0.2) is 145 Å². The number of carbonyl (C=O) groups is 2. The van der Waals surface area contributed by atoms with Gasteiger partial charge in [-0.25, -0.2) is 0 Å². The minimum absolute atomic E-state index is 0.00959. The first kappa shape index (κ1) is 73.0. The molecule has 0 atom stereocenters. The van der Waals surface area contributed by atoms with E-state index < -0.39 is 34.7 Å². The van der Waals surface area contributed by atoms with E-state index in [2.05, 4.69) is 190 Å². The molecule has 6 aliphatic heterocycles. The van der Waals surface area contributed by atoms with Gasteiger partial charge in [0.1, 0.15) is 0 Å². The molecule has 0 radical (unpaired) electrons. The fourth-order valence-corrected chi connectivity index (χ4v) is 12.2. The normalized spacial score (nSPS) is 20.9. The standard InChI is InChI=1S/C22H29F3N2O.C20H30N2.C19H24F3NO.C17H25N/c1-20(2)9-12-26(13-10-20)16-5-7-17(8-6-16)27-14-11-21(3,4)18(15-27)19(28)22(23,24)25;1-19(2)9-13-21(14-10-19)17-5-7-18(8-6-17)22-15-11-20(3,4)12-16-22;1-17(2,3)13-6-8-14(9-7-13)23-11-10-18(4,5)15(12-23)16(24)19(20,21)22;1-16(2,3)14-6-8-15(9-7-14)18-12-10-17(4,5)11-13-18/h5-8,15H,9-14H2,1-4H3;5-9,13H,10-12,14-16H2,1-4H3;6-9,12H,10-11H2,1-5H3;6-10,12H,11,13H2,1-5H3. The third kappa shape index (κ3) is 19.8. The SMILES string of the molecule is CC1(C)C=CN(c2ccc(C(C)(C)C)cc2)CC1.CC1(C)C=CN(c2ccc(N3CCC(C)(C)CC3)cc2)CC1.CC1(C)CCN(c2ccc(C(C)(C)C)cc2)C=C1C(=O)C(F)(F)F.CC1(C)CCN(c2ccc(N3C=C(C(=O)C(F)(F)F)C(C)(C)CC3)cc2)CC1. The minimum atomic E-state index is -4.85. The van der Waals surface area contributed by atoms with E-state index in [0.29, 0.717) is 47.6 Å². The van der Waals surface area contributed by atoms with E-state index in [4.69, 9.17) is 0 Å². The van der Waals surface area contributed by atoms with Crippen LogP contribution < -0.4 is 29.4 Å². The highest BCUT2D eigenvalue weighted by Crippen LogP contribution is 2.43. The van der Waals surface area contributed by atoms with Gasteiger partial charge < -0.3 is 29.4 Å². The second-order valence-corrected chi connectivity index (χ2v) is 32.8. The molecule has 504 valence electrons. The second kappa shape index (κ2) is 27.9. The van der Waals surface area contributed by atoms with Crippen LogP contribution >= 0.6 is 0 Å². The molecule has 10 rings (SSSR count). The third-order valence-electron chi connectivity index (χ3n) is 19.9. The van der Waals surface area contributed by atoms with Crippen LogP contribution in [0.5, 0.6) is 0 Å². The monoisotopic (exact) mass is 1270 g/mol. The zero-order valence-electron chi connectivity index (χ0n) is 58.8. The van der Waals surface area contributed by atoms with Crippen LogP contribution in [-0.2, 0) is 20.4 Å². The zero-order chi connectivity index (χ0) is 68.3. The first-order chi connectivity index (χ1) is 42.3. The summed E-state index contributed by atoms with van der Waals surface area (Å²) >= 11 is 0. The number of allylic oxidation sites excluding steroid dienone is 4. The van der Waals surface area contributed by atoms with E-state index in [1.807, 2.05) is 48.5 Å². The molecule has 4 aromatic carbocycles. The Bertz CT molecular complexity index is 3240. The quantitative estimate of drug-likeness (QED) is 0.162. The molecule has 4 aromatic rings. The summed E-state index contributed by atoms with van der Waals surface area (Å²) in [6.45, 7) is 46.2. The van der Waals surface area contributed by atoms with E-state index in [1.54, 1.807) is 37.5 Å². The maximum Gasteiger partial charge on any atom is 0.454 e. The van der Waals surface area contributed by atoms with Gasteiger partial charge >= 0.3 is 12.4 Å². The lowest BCUT2D eigenvalue weighted by molar-refractivity contribution is -0.167. The number of anilines is 6. The number of halogens is 6. The molecule has 0 unspecified atom stereocenters. The Morgan fingerprint density at radius 3 is 0.837 bits per heavy atom. The summed E-state index contributed by atoms with van der Waals surface area (Å²) in [4.78, 5) is 36.8. The van der Waals surface area contributed by atoms with E-state index in [1.165, 1.54) is 73.8 Å². The Morgan fingerprint density at radius 2 is 0.587 bits per heavy atom. The lowest BCUT2D eigenvalue weighted by Crippen LogP contribution is -2.39. The first-order valence-corrected chi connectivity index (χ1v) is 33.4. The molecule has 0 saturated carbocycles. The molecule has 0 bridgehead atoms. The Kier molecular flexibility index (Phi) is 22.1. The minimum Gasteiger partial charge on any atom is -0.371 e. The van der Waals surface area contributed by atoms with E-state index in [-0.39, 0.29) is 22.0 Å². The van der Waals surface area contributed by atoms with Crippen molar-refractivity contribution in [3.63, 3.8) is 0 Å². The van der Waals surface area contributed by atoms with Crippen LogP contribution in [0, 0.1) is 32.5 Å². The first-order valence-electron chi connectivity index (χ1n) is 33.4. The summed E-state index contributed by atoms with van der Waals surface area (Å²) in [5.41, 5.74) is 9.18. The van der Waals surface area contributed by atoms with Crippen molar-refractivity contribution in [2.75, 3.05) is 81.8 Å². The topological polar surface area (TPSA) is 53.6 Å². The number of alkyl halides is 6. The van der Waals surface area contributed by atoms with Crippen molar-refractivity contribution in [1.29, 1.82) is 0 Å². The molecule has 0 amide bonds. The van der Waals surface area contributed by atoms with Crippen LogP contribution in [0.3, 0.4) is 0 Å². The van der Waals surface area contributed by atoms with Crippen molar-refractivity contribution in [3.05, 3.63) is 156 Å². The highest BCUT2D eigenvalue weighted by atomic mass is 19.4. The van der Waals surface area contributed by atoms with Crippen LogP contribution in [0.1, 0.15) is 187 Å². The molecule has 0 aliphatic carbocycles. The smallest absolute Gasteiger partial charge is 0.371 e. The Labute approximate surface area is 548 Å². The molecule has 0 N–H and O–H groups in total. The van der Waals surface area contributed by atoms with Gasteiger partial charge in [-0.3, -0.25) is 9.59 Å². The number of ketones is 2. The molecule has 92 heavy (non-hydrogen) atoms. The van der Waals surface area contributed by atoms with Crippen molar-refractivity contribution < 1.29 is 35.9 Å². The maximum atomic E-state index is 13.0. The van der Waals surface area contributed by atoms with Crippen LogP contribution in [0.2, 0.25) is 0 Å². The molecule has 0 spiro atoms. The number of hydrogen-bond acceptors (Lipinski definition) is 8. The zero-order valence-corrected chi connectivity index (χ0v) is 58.8. The van der Waals surface area contributed by atoms with Gasteiger partial charge in [0.2, 0.25) is 0 Å². The number of nitrogens with zero attached hydrogens (tertiary/aromatic N) is 6. The second-order valence-electron chi connectivity index (χ2n) is 32.8. The number of benzene rings is 4.